The summed E-state index contributed by atoms with van der Waals surface area (Å²) in [5.74, 6) is 0.173. The quantitative estimate of drug-likeness (QED) is 0.343. The van der Waals surface area contributed by atoms with Crippen LogP contribution in [0.1, 0.15) is 34.6 Å². The van der Waals surface area contributed by atoms with E-state index < -0.39 is 17.9 Å². The molecule has 2 N–H and O–H groups in total. The van der Waals surface area contributed by atoms with Gasteiger partial charge in [0, 0.05) is 21.1 Å². The zero-order valence-corrected chi connectivity index (χ0v) is 19.1. The molecule has 0 saturated heterocycles. The zero-order chi connectivity index (χ0) is 20.4. The number of rotatable bonds is 2. The summed E-state index contributed by atoms with van der Waals surface area (Å²) >= 11 is 6.80. The van der Waals surface area contributed by atoms with Crippen LogP contribution in [0.2, 0.25) is 0 Å². The van der Waals surface area contributed by atoms with Gasteiger partial charge in [0.1, 0.15) is 5.60 Å². The average molecular weight is 504 g/mol. The van der Waals surface area contributed by atoms with Crippen LogP contribution in [0.3, 0.4) is 0 Å². The van der Waals surface area contributed by atoms with Crippen LogP contribution in [-0.4, -0.2) is 47.2 Å². The molecular formula is C18H24Br2N4O3. The van der Waals surface area contributed by atoms with Crippen molar-refractivity contribution in [2.24, 2.45) is 4.99 Å². The highest BCUT2D eigenvalue weighted by atomic mass is 79.9. The minimum absolute atomic E-state index is 0.121. The molecule has 9 heteroatoms. The van der Waals surface area contributed by atoms with E-state index >= 15 is 0 Å². The molecule has 7 nitrogen and oxygen atoms in total. The first-order valence-corrected chi connectivity index (χ1v) is 10.1. The Labute approximate surface area is 176 Å². The predicted octanol–water partition coefficient (Wildman–Crippen LogP) is 3.53. The Morgan fingerprint density at radius 1 is 1.37 bits per heavy atom. The van der Waals surface area contributed by atoms with E-state index in [1.54, 1.807) is 38.7 Å². The van der Waals surface area contributed by atoms with Crippen LogP contribution in [0.5, 0.6) is 0 Å². The Morgan fingerprint density at radius 3 is 2.63 bits per heavy atom. The van der Waals surface area contributed by atoms with Gasteiger partial charge in [-0.2, -0.15) is 0 Å². The molecule has 0 spiro atoms. The van der Waals surface area contributed by atoms with Crippen molar-refractivity contribution in [3.05, 3.63) is 32.8 Å². The summed E-state index contributed by atoms with van der Waals surface area (Å²) in [4.78, 5) is 31.0. The number of halogens is 2. The number of amides is 2. The smallest absolute Gasteiger partial charge is 0.414 e. The van der Waals surface area contributed by atoms with Gasteiger partial charge in [-0.3, -0.25) is 10.1 Å². The lowest BCUT2D eigenvalue weighted by Gasteiger charge is -2.32. The van der Waals surface area contributed by atoms with Crippen molar-refractivity contribution in [2.75, 3.05) is 6.54 Å². The highest BCUT2D eigenvalue weighted by molar-refractivity contribution is 9.14. The van der Waals surface area contributed by atoms with Crippen molar-refractivity contribution in [2.45, 2.75) is 52.4 Å². The number of carbonyl (C=O) groups excluding carboxylic acids is 2. The van der Waals surface area contributed by atoms with E-state index in [2.05, 4.69) is 47.5 Å². The third kappa shape index (κ3) is 5.93. The van der Waals surface area contributed by atoms with E-state index in [0.717, 1.165) is 8.96 Å². The molecule has 2 rings (SSSR count). The van der Waals surface area contributed by atoms with Gasteiger partial charge in [-0.05, 0) is 56.6 Å². The van der Waals surface area contributed by atoms with Gasteiger partial charge in [-0.15, -0.1) is 0 Å². The van der Waals surface area contributed by atoms with Crippen molar-refractivity contribution < 1.29 is 14.3 Å². The summed E-state index contributed by atoms with van der Waals surface area (Å²) < 4.78 is 6.94. The molecule has 0 bridgehead atoms. The summed E-state index contributed by atoms with van der Waals surface area (Å²) in [7, 11) is 0. The summed E-state index contributed by atoms with van der Waals surface area (Å²) in [6.07, 6.45) is 4.60. The molecule has 0 radical (unpaired) electrons. The third-order valence-electron chi connectivity index (χ3n) is 3.74. The molecular weight excluding hydrogens is 480 g/mol. The number of aliphatic imine (C=N–C) groups is 1. The SMILES string of the molecule is C/C(Br)=C(Br)\C=C(/C)C(=O)N1CC=CC2NC(NC(=O)OC(C)(C)C)=NC21. The summed E-state index contributed by atoms with van der Waals surface area (Å²) in [5, 5.41) is 5.70. The molecule has 148 valence electrons. The van der Waals surface area contributed by atoms with Crippen LogP contribution >= 0.6 is 31.9 Å². The first kappa shape index (κ1) is 21.7. The molecule has 0 aromatic carbocycles. The van der Waals surface area contributed by atoms with Crippen molar-refractivity contribution in [3.8, 4) is 0 Å². The number of carbonyl (C=O) groups is 2. The number of hydrogen-bond acceptors (Lipinski definition) is 5. The van der Waals surface area contributed by atoms with Gasteiger partial charge >= 0.3 is 6.09 Å². The topological polar surface area (TPSA) is 83.0 Å². The summed E-state index contributed by atoms with van der Waals surface area (Å²) in [6, 6.07) is -0.197. The van der Waals surface area contributed by atoms with Crippen LogP contribution in [0, 0.1) is 0 Å². The van der Waals surface area contributed by atoms with E-state index in [1.807, 2.05) is 19.1 Å². The number of nitrogens with one attached hydrogen (secondary N) is 2. The Bertz CT molecular complexity index is 746. The number of ether oxygens (including phenoxy) is 1. The maximum atomic E-state index is 12.9. The molecule has 2 unspecified atom stereocenters. The van der Waals surface area contributed by atoms with Crippen molar-refractivity contribution >= 4 is 49.8 Å². The number of fused-ring (bicyclic) bond motifs is 1. The fourth-order valence-electron chi connectivity index (χ4n) is 2.57. The number of hydrogen-bond donors (Lipinski definition) is 2. The summed E-state index contributed by atoms with van der Waals surface area (Å²) in [5.41, 5.74) is -0.0210. The molecule has 2 amide bonds. The Balaban J connectivity index is 2.14. The average Bonchev–Trinajstić information content (AvgIpc) is 2.93. The van der Waals surface area contributed by atoms with E-state index in [0.29, 0.717) is 18.1 Å². The second-order valence-electron chi connectivity index (χ2n) is 7.28. The van der Waals surface area contributed by atoms with Crippen molar-refractivity contribution in [3.63, 3.8) is 0 Å². The van der Waals surface area contributed by atoms with E-state index in [1.165, 1.54) is 0 Å². The van der Waals surface area contributed by atoms with Gasteiger partial charge in [0.05, 0.1) is 6.04 Å². The van der Waals surface area contributed by atoms with Crippen molar-refractivity contribution in [1.82, 2.24) is 15.5 Å². The first-order chi connectivity index (χ1) is 12.5. The molecule has 0 saturated carbocycles. The second kappa shape index (κ2) is 8.60. The van der Waals surface area contributed by atoms with Gasteiger partial charge in [-0.1, -0.05) is 28.1 Å². The van der Waals surface area contributed by atoms with Crippen LogP contribution in [0.4, 0.5) is 4.79 Å². The zero-order valence-electron chi connectivity index (χ0n) is 16.0. The predicted molar refractivity (Wildman–Crippen MR) is 113 cm³/mol. The Morgan fingerprint density at radius 2 is 2.04 bits per heavy atom. The normalized spacial score (nSPS) is 23.1. The molecule has 2 heterocycles. The first-order valence-electron chi connectivity index (χ1n) is 8.50. The third-order valence-corrected chi connectivity index (χ3v) is 5.52. The lowest BCUT2D eigenvalue weighted by atomic mass is 10.1. The minimum atomic E-state index is -0.603. The van der Waals surface area contributed by atoms with E-state index in [4.69, 9.17) is 4.74 Å². The summed E-state index contributed by atoms with van der Waals surface area (Å²) in [6.45, 7) is 9.46. The lowest BCUT2D eigenvalue weighted by Crippen LogP contribution is -2.50. The molecule has 2 atom stereocenters. The highest BCUT2D eigenvalue weighted by Crippen LogP contribution is 2.23. The van der Waals surface area contributed by atoms with Crippen LogP contribution in [-0.2, 0) is 9.53 Å². The number of alkyl carbamates (subject to hydrolysis) is 1. The second-order valence-corrected chi connectivity index (χ2v) is 9.33. The van der Waals surface area contributed by atoms with Gasteiger partial charge in [0.2, 0.25) is 5.96 Å². The lowest BCUT2D eigenvalue weighted by molar-refractivity contribution is -0.129. The molecule has 0 aromatic rings. The fraction of sp³-hybridized carbons (Fsp3) is 0.500. The van der Waals surface area contributed by atoms with Crippen LogP contribution in [0.15, 0.2) is 37.8 Å². The van der Waals surface area contributed by atoms with Gasteiger partial charge in [-0.25, -0.2) is 9.79 Å². The maximum absolute atomic E-state index is 12.9. The Kier molecular flexibility index (Phi) is 6.91. The Hall–Kier alpha value is -1.61. The highest BCUT2D eigenvalue weighted by Gasteiger charge is 2.37. The van der Waals surface area contributed by atoms with E-state index in [9.17, 15) is 9.59 Å². The number of guanidine groups is 1. The maximum Gasteiger partial charge on any atom is 0.414 e. The van der Waals surface area contributed by atoms with Crippen LogP contribution in [0.25, 0.3) is 0 Å². The van der Waals surface area contributed by atoms with Crippen LogP contribution < -0.4 is 10.6 Å². The van der Waals surface area contributed by atoms with Gasteiger partial charge < -0.3 is 15.0 Å². The number of allylic oxidation sites excluding steroid dienone is 3. The molecule has 27 heavy (non-hydrogen) atoms. The number of nitrogens with zero attached hydrogens (tertiary/aromatic N) is 2. The van der Waals surface area contributed by atoms with E-state index in [-0.39, 0.29) is 11.9 Å². The largest absolute Gasteiger partial charge is 0.444 e. The van der Waals surface area contributed by atoms with Gasteiger partial charge in [0.15, 0.2) is 6.17 Å². The molecule has 2 aliphatic rings. The molecule has 2 aliphatic heterocycles. The monoisotopic (exact) mass is 502 g/mol. The standard InChI is InChI=1S/C18H24Br2N4O3/c1-10(9-12(20)11(2)19)15(25)24-8-6-7-13-14(24)22-16(21-13)23-17(26)27-18(3,4)5/h6-7,9,13-14H,8H2,1-5H3,(H2,21,22,23,26)/b10-9+,12-11-. The van der Waals surface area contributed by atoms with Gasteiger partial charge in [0.25, 0.3) is 5.91 Å². The molecule has 0 aromatic heterocycles. The fourth-order valence-corrected chi connectivity index (χ4v) is 3.03. The van der Waals surface area contributed by atoms with Crippen molar-refractivity contribution in [1.29, 1.82) is 0 Å². The minimum Gasteiger partial charge on any atom is -0.444 e. The molecule has 0 fully saturated rings. The molecule has 0 aliphatic carbocycles.